The van der Waals surface area contributed by atoms with E-state index in [-0.39, 0.29) is 12.4 Å². The number of hydrogen-bond donors (Lipinski definition) is 1. The Bertz CT molecular complexity index is 1070. The third-order valence-electron chi connectivity index (χ3n) is 5.57. The highest BCUT2D eigenvalue weighted by atomic mass is 16.5. The van der Waals surface area contributed by atoms with E-state index in [1.807, 2.05) is 55.5 Å². The minimum Gasteiger partial charge on any atom is -0.493 e. The van der Waals surface area contributed by atoms with Crippen LogP contribution in [0.15, 0.2) is 52.9 Å². The Kier molecular flexibility index (Phi) is 6.02. The van der Waals surface area contributed by atoms with Gasteiger partial charge < -0.3 is 19.0 Å². The fourth-order valence-electron chi connectivity index (χ4n) is 4.05. The zero-order chi connectivity index (χ0) is 21.8. The van der Waals surface area contributed by atoms with Crippen molar-refractivity contribution in [3.05, 3.63) is 71.1 Å². The molecule has 2 atom stereocenters. The summed E-state index contributed by atoms with van der Waals surface area (Å²) in [6, 6.07) is 15.4. The number of nitrogens with zero attached hydrogens (tertiary/aromatic N) is 1. The lowest BCUT2D eigenvalue weighted by molar-refractivity contribution is -0.158. The molecule has 7 heteroatoms. The average molecular weight is 421 g/mol. The molecule has 1 aliphatic carbocycles. The van der Waals surface area contributed by atoms with Crippen LogP contribution in [0.25, 0.3) is 11.5 Å². The van der Waals surface area contributed by atoms with E-state index in [1.165, 1.54) is 0 Å². The van der Waals surface area contributed by atoms with Crippen LogP contribution in [-0.4, -0.2) is 35.2 Å². The van der Waals surface area contributed by atoms with Crippen LogP contribution in [0.3, 0.4) is 0 Å². The highest BCUT2D eigenvalue weighted by Gasteiger charge is 2.36. The van der Waals surface area contributed by atoms with Gasteiger partial charge in [0.1, 0.15) is 11.5 Å². The minimum atomic E-state index is -1.17. The lowest BCUT2D eigenvalue weighted by Crippen LogP contribution is -2.29. The number of carboxylic acids is 1. The smallest absolute Gasteiger partial charge is 0.345 e. The first-order valence-electron chi connectivity index (χ1n) is 10.2. The van der Waals surface area contributed by atoms with Gasteiger partial charge in [0.15, 0.2) is 0 Å². The van der Waals surface area contributed by atoms with E-state index in [1.54, 1.807) is 0 Å². The van der Waals surface area contributed by atoms with Crippen LogP contribution < -0.4 is 4.74 Å². The van der Waals surface area contributed by atoms with E-state index < -0.39 is 12.1 Å². The Morgan fingerprint density at radius 3 is 2.84 bits per heavy atom. The van der Waals surface area contributed by atoms with Crippen LogP contribution in [0.4, 0.5) is 0 Å². The topological polar surface area (TPSA) is 98.9 Å². The van der Waals surface area contributed by atoms with Crippen LogP contribution in [-0.2, 0) is 27.2 Å². The predicted molar refractivity (Wildman–Crippen MR) is 112 cm³/mol. The lowest BCUT2D eigenvalue weighted by Gasteiger charge is -2.18. The molecule has 0 bridgehead atoms. The molecule has 1 aliphatic rings. The fourth-order valence-corrected chi connectivity index (χ4v) is 4.05. The molecule has 1 heterocycles. The molecule has 1 N–H and O–H groups in total. The largest absolute Gasteiger partial charge is 0.493 e. The van der Waals surface area contributed by atoms with E-state index in [9.17, 15) is 14.7 Å². The Morgan fingerprint density at radius 2 is 2.10 bits per heavy atom. The molecule has 4 rings (SSSR count). The molecular weight excluding hydrogens is 398 g/mol. The molecule has 2 unspecified atom stereocenters. The molecule has 0 saturated carbocycles. The van der Waals surface area contributed by atoms with E-state index in [0.717, 1.165) is 28.1 Å². The highest BCUT2D eigenvalue weighted by Crippen LogP contribution is 2.38. The van der Waals surface area contributed by atoms with Gasteiger partial charge in [-0.15, -0.1) is 0 Å². The number of fused-ring (bicyclic) bond motifs is 1. The molecule has 0 fully saturated rings. The average Bonchev–Trinajstić information content (AvgIpc) is 3.36. The summed E-state index contributed by atoms with van der Waals surface area (Å²) < 4.78 is 16.5. The molecule has 0 amide bonds. The zero-order valence-corrected chi connectivity index (χ0v) is 17.1. The number of aliphatic carboxylic acids is 1. The maximum absolute atomic E-state index is 11.4. The van der Waals surface area contributed by atoms with Gasteiger partial charge in [-0.05, 0) is 55.2 Å². The molecule has 31 heavy (non-hydrogen) atoms. The molecule has 7 nitrogen and oxygen atoms in total. The molecule has 0 radical (unpaired) electrons. The summed E-state index contributed by atoms with van der Waals surface area (Å²) in [7, 11) is 0. The second kappa shape index (κ2) is 9.04. The summed E-state index contributed by atoms with van der Waals surface area (Å²) in [4.78, 5) is 26.7. The first kappa shape index (κ1) is 20.7. The van der Waals surface area contributed by atoms with E-state index >= 15 is 0 Å². The van der Waals surface area contributed by atoms with Crippen LogP contribution >= 0.6 is 0 Å². The Balaban J connectivity index is 1.39. The number of aryl methyl sites for hydroxylation is 2. The van der Waals surface area contributed by atoms with Crippen molar-refractivity contribution in [1.29, 1.82) is 0 Å². The number of carbonyl (C=O) groups excluding carboxylic acids is 1. The summed E-state index contributed by atoms with van der Waals surface area (Å²) in [5.74, 6) is 0.604. The van der Waals surface area contributed by atoms with Crippen molar-refractivity contribution in [2.45, 2.75) is 38.2 Å². The van der Waals surface area contributed by atoms with Crippen LogP contribution in [0.2, 0.25) is 0 Å². The second-order valence-corrected chi connectivity index (χ2v) is 7.48. The predicted octanol–water partition coefficient (Wildman–Crippen LogP) is 3.93. The van der Waals surface area contributed by atoms with Crippen molar-refractivity contribution >= 4 is 12.4 Å². The van der Waals surface area contributed by atoms with Crippen molar-refractivity contribution in [2.24, 2.45) is 0 Å². The van der Waals surface area contributed by atoms with Gasteiger partial charge in [0.25, 0.3) is 6.47 Å². The highest BCUT2D eigenvalue weighted by molar-refractivity contribution is 5.75. The van der Waals surface area contributed by atoms with Crippen molar-refractivity contribution < 1.29 is 28.6 Å². The van der Waals surface area contributed by atoms with Crippen molar-refractivity contribution in [2.75, 3.05) is 6.61 Å². The van der Waals surface area contributed by atoms with Gasteiger partial charge in [-0.2, -0.15) is 0 Å². The number of rotatable bonds is 9. The fraction of sp³-hybridized carbons (Fsp3) is 0.292. The first-order chi connectivity index (χ1) is 15.1. The number of oxazole rings is 1. The SMILES string of the molecule is Cc1oc(-c2ccccc2)nc1CCOc1ccc2c(c1)CCC2C(OC=O)C(=O)O. The van der Waals surface area contributed by atoms with Gasteiger partial charge in [0.2, 0.25) is 12.0 Å². The third kappa shape index (κ3) is 4.45. The normalized spacial score (nSPS) is 15.8. The second-order valence-electron chi connectivity index (χ2n) is 7.48. The van der Waals surface area contributed by atoms with Crippen LogP contribution in [0, 0.1) is 6.92 Å². The van der Waals surface area contributed by atoms with Crippen LogP contribution in [0.1, 0.15) is 34.9 Å². The number of benzene rings is 2. The standard InChI is InChI=1S/C24H23NO6/c1-15-21(25-23(31-15)16-5-3-2-4-6-16)11-12-29-18-8-10-19-17(13-18)7-9-20(19)22(24(27)28)30-14-26/h2-6,8,10,13-14,20,22H,7,9,11-12H2,1H3,(H,27,28). The molecule has 0 saturated heterocycles. The molecule has 0 spiro atoms. The summed E-state index contributed by atoms with van der Waals surface area (Å²) in [5.41, 5.74) is 3.70. The van der Waals surface area contributed by atoms with Gasteiger partial charge >= 0.3 is 5.97 Å². The van der Waals surface area contributed by atoms with E-state index in [0.29, 0.717) is 37.5 Å². The maximum Gasteiger partial charge on any atom is 0.345 e. The molecule has 3 aromatic rings. The van der Waals surface area contributed by atoms with Gasteiger partial charge in [0, 0.05) is 17.9 Å². The molecular formula is C24H23NO6. The lowest BCUT2D eigenvalue weighted by atomic mass is 9.95. The van der Waals surface area contributed by atoms with E-state index in [2.05, 4.69) is 4.98 Å². The number of aromatic nitrogens is 1. The van der Waals surface area contributed by atoms with Crippen LogP contribution in [0.5, 0.6) is 5.75 Å². The summed E-state index contributed by atoms with van der Waals surface area (Å²) in [5, 5.41) is 9.34. The Morgan fingerprint density at radius 1 is 1.29 bits per heavy atom. The van der Waals surface area contributed by atoms with Crippen molar-refractivity contribution in [3.8, 4) is 17.2 Å². The van der Waals surface area contributed by atoms with Gasteiger partial charge in [0.05, 0.1) is 12.3 Å². The zero-order valence-electron chi connectivity index (χ0n) is 17.1. The molecule has 1 aromatic heterocycles. The first-order valence-corrected chi connectivity index (χ1v) is 10.2. The van der Waals surface area contributed by atoms with E-state index in [4.69, 9.17) is 13.9 Å². The molecule has 0 aliphatic heterocycles. The molecule has 160 valence electrons. The summed E-state index contributed by atoms with van der Waals surface area (Å²) in [6.07, 6.45) is 0.770. The van der Waals surface area contributed by atoms with Crippen molar-refractivity contribution in [3.63, 3.8) is 0 Å². The van der Waals surface area contributed by atoms with Gasteiger partial charge in [-0.1, -0.05) is 24.3 Å². The minimum absolute atomic E-state index is 0.198. The Labute approximate surface area is 179 Å². The molecule has 2 aromatic carbocycles. The van der Waals surface area contributed by atoms with Gasteiger partial charge in [-0.3, -0.25) is 4.79 Å². The maximum atomic E-state index is 11.4. The number of hydrogen-bond acceptors (Lipinski definition) is 6. The monoisotopic (exact) mass is 421 g/mol. The number of carboxylic acid groups (broad SMARTS) is 1. The quantitative estimate of drug-likeness (QED) is 0.523. The summed E-state index contributed by atoms with van der Waals surface area (Å²) in [6.45, 7) is 2.53. The summed E-state index contributed by atoms with van der Waals surface area (Å²) >= 11 is 0. The third-order valence-corrected chi connectivity index (χ3v) is 5.57. The van der Waals surface area contributed by atoms with Crippen molar-refractivity contribution in [1.82, 2.24) is 4.98 Å². The van der Waals surface area contributed by atoms with Gasteiger partial charge in [-0.25, -0.2) is 9.78 Å². The Hall–Kier alpha value is -3.61. The number of carbonyl (C=O) groups is 2. The number of ether oxygens (including phenoxy) is 2.